The number of methoxy groups -OCH3 is 1. The minimum absolute atomic E-state index is 0.577. The highest BCUT2D eigenvalue weighted by molar-refractivity contribution is 6.31. The lowest BCUT2D eigenvalue weighted by Crippen LogP contribution is -2.04. The van der Waals surface area contributed by atoms with Gasteiger partial charge in [0, 0.05) is 22.2 Å². The van der Waals surface area contributed by atoms with Crippen molar-refractivity contribution < 1.29 is 4.74 Å². The van der Waals surface area contributed by atoms with Crippen LogP contribution in [0.5, 0.6) is 5.75 Å². The second-order valence-electron chi connectivity index (χ2n) is 3.97. The molecule has 0 radical (unpaired) electrons. The third-order valence-electron chi connectivity index (χ3n) is 2.68. The van der Waals surface area contributed by atoms with E-state index in [-0.39, 0.29) is 0 Å². The summed E-state index contributed by atoms with van der Waals surface area (Å²) in [4.78, 5) is 4.55. The predicted octanol–water partition coefficient (Wildman–Crippen LogP) is 2.71. The molecule has 0 atom stereocenters. The molecule has 1 heterocycles. The number of benzene rings is 1. The Hall–Kier alpha value is -1.32. The number of rotatable bonds is 3. The number of nitrogens with zero attached hydrogens (tertiary/aromatic N) is 1. The molecule has 0 saturated carbocycles. The Kier molecular flexibility index (Phi) is 3.50. The van der Waals surface area contributed by atoms with Crippen LogP contribution >= 0.6 is 11.6 Å². The number of halogens is 1. The molecule has 3 nitrogen and oxygen atoms in total. The maximum atomic E-state index is 6.10. The van der Waals surface area contributed by atoms with Gasteiger partial charge >= 0.3 is 0 Å². The van der Waals surface area contributed by atoms with Crippen molar-refractivity contribution in [2.24, 2.45) is 5.73 Å². The van der Waals surface area contributed by atoms with Gasteiger partial charge in [-0.15, -0.1) is 0 Å². The Bertz CT molecular complexity index is 555. The molecule has 1 aromatic carbocycles. The summed E-state index contributed by atoms with van der Waals surface area (Å²) in [6, 6.07) is 5.70. The van der Waals surface area contributed by atoms with Crippen molar-refractivity contribution in [1.82, 2.24) is 4.98 Å². The van der Waals surface area contributed by atoms with E-state index >= 15 is 0 Å². The molecule has 0 saturated heterocycles. The van der Waals surface area contributed by atoms with Gasteiger partial charge in [0.05, 0.1) is 12.6 Å². The van der Waals surface area contributed by atoms with Crippen molar-refractivity contribution in [2.75, 3.05) is 13.7 Å². The molecule has 90 valence electrons. The zero-order valence-electron chi connectivity index (χ0n) is 9.96. The van der Waals surface area contributed by atoms with Crippen LogP contribution in [0.4, 0.5) is 0 Å². The quantitative estimate of drug-likeness (QED) is 0.911. The van der Waals surface area contributed by atoms with Crippen molar-refractivity contribution in [3.63, 3.8) is 0 Å². The van der Waals surface area contributed by atoms with Crippen molar-refractivity contribution in [3.8, 4) is 5.75 Å². The van der Waals surface area contributed by atoms with Gasteiger partial charge in [0.15, 0.2) is 0 Å². The van der Waals surface area contributed by atoms with Gasteiger partial charge < -0.3 is 10.5 Å². The maximum Gasteiger partial charge on any atom is 0.130 e. The van der Waals surface area contributed by atoms with Crippen LogP contribution < -0.4 is 10.5 Å². The highest BCUT2D eigenvalue weighted by atomic mass is 35.5. The molecular formula is C13H15ClN2O. The molecule has 0 aliphatic heterocycles. The molecule has 0 unspecified atom stereocenters. The lowest BCUT2D eigenvalue weighted by atomic mass is 10.1. The standard InChI is InChI=1S/C13H15ClN2O/c1-8-5-12(17-2)11-7-10(14)6-9(3-4-15)13(11)16-8/h5-7H,3-4,15H2,1-2H3. The molecule has 4 heteroatoms. The SMILES string of the molecule is COc1cc(C)nc2c(CCN)cc(Cl)cc12. The average molecular weight is 251 g/mol. The first-order chi connectivity index (χ1) is 8.15. The lowest BCUT2D eigenvalue weighted by Gasteiger charge is -2.10. The maximum absolute atomic E-state index is 6.10. The van der Waals surface area contributed by atoms with Crippen LogP contribution in [0.25, 0.3) is 10.9 Å². The van der Waals surface area contributed by atoms with Crippen molar-refractivity contribution >= 4 is 22.5 Å². The molecule has 2 rings (SSSR count). The second-order valence-corrected chi connectivity index (χ2v) is 4.40. The Morgan fingerprint density at radius 2 is 2.12 bits per heavy atom. The van der Waals surface area contributed by atoms with Gasteiger partial charge in [0.1, 0.15) is 5.75 Å². The van der Waals surface area contributed by atoms with Crippen LogP contribution in [0.3, 0.4) is 0 Å². The number of ether oxygens (including phenoxy) is 1. The fraction of sp³-hybridized carbons (Fsp3) is 0.308. The lowest BCUT2D eigenvalue weighted by molar-refractivity contribution is 0.419. The number of pyridine rings is 1. The van der Waals surface area contributed by atoms with E-state index in [1.165, 1.54) is 0 Å². The molecule has 0 amide bonds. The van der Waals surface area contributed by atoms with Crippen LogP contribution in [0.15, 0.2) is 18.2 Å². The molecule has 2 N–H and O–H groups in total. The summed E-state index contributed by atoms with van der Waals surface area (Å²) in [5, 5.41) is 1.62. The number of nitrogens with two attached hydrogens (primary N) is 1. The minimum Gasteiger partial charge on any atom is -0.496 e. The summed E-state index contributed by atoms with van der Waals surface area (Å²) in [6.07, 6.45) is 0.761. The van der Waals surface area contributed by atoms with Gasteiger partial charge in [-0.3, -0.25) is 4.98 Å². The molecule has 0 spiro atoms. The average Bonchev–Trinajstić information content (AvgIpc) is 2.29. The number of hydrogen-bond donors (Lipinski definition) is 1. The third kappa shape index (κ3) is 2.35. The van der Waals surface area contributed by atoms with Crippen molar-refractivity contribution in [1.29, 1.82) is 0 Å². The topological polar surface area (TPSA) is 48.1 Å². The van der Waals surface area contributed by atoms with Crippen LogP contribution in [0, 0.1) is 6.92 Å². The van der Waals surface area contributed by atoms with Gasteiger partial charge in [-0.05, 0) is 37.6 Å². The van der Waals surface area contributed by atoms with E-state index < -0.39 is 0 Å². The molecular weight excluding hydrogens is 236 g/mol. The summed E-state index contributed by atoms with van der Waals surface area (Å²) < 4.78 is 5.37. The van der Waals surface area contributed by atoms with Gasteiger partial charge in [0.25, 0.3) is 0 Å². The molecule has 0 aliphatic rings. The summed E-state index contributed by atoms with van der Waals surface area (Å²) in [7, 11) is 1.65. The van der Waals surface area contributed by atoms with Gasteiger partial charge in [-0.2, -0.15) is 0 Å². The fourth-order valence-electron chi connectivity index (χ4n) is 1.97. The Morgan fingerprint density at radius 3 is 2.76 bits per heavy atom. The van der Waals surface area contributed by atoms with Crippen molar-refractivity contribution in [3.05, 3.63) is 34.5 Å². The summed E-state index contributed by atoms with van der Waals surface area (Å²) >= 11 is 6.10. The zero-order valence-corrected chi connectivity index (χ0v) is 10.7. The van der Waals surface area contributed by atoms with Crippen LogP contribution in [-0.2, 0) is 6.42 Å². The zero-order chi connectivity index (χ0) is 12.4. The van der Waals surface area contributed by atoms with E-state index in [9.17, 15) is 0 Å². The number of aromatic nitrogens is 1. The van der Waals surface area contributed by atoms with E-state index in [1.54, 1.807) is 7.11 Å². The summed E-state index contributed by atoms with van der Waals surface area (Å²) in [6.45, 7) is 2.52. The fourth-order valence-corrected chi connectivity index (χ4v) is 2.21. The van der Waals surface area contributed by atoms with Gasteiger partial charge in [-0.1, -0.05) is 11.6 Å². The smallest absolute Gasteiger partial charge is 0.130 e. The summed E-state index contributed by atoms with van der Waals surface area (Å²) in [5.41, 5.74) is 8.53. The monoisotopic (exact) mass is 250 g/mol. The normalized spacial score (nSPS) is 10.8. The first-order valence-electron chi connectivity index (χ1n) is 5.49. The number of hydrogen-bond acceptors (Lipinski definition) is 3. The van der Waals surface area contributed by atoms with Crippen LogP contribution in [-0.4, -0.2) is 18.6 Å². The predicted molar refractivity (Wildman–Crippen MR) is 70.8 cm³/mol. The van der Waals surface area contributed by atoms with Crippen molar-refractivity contribution in [2.45, 2.75) is 13.3 Å². The van der Waals surface area contributed by atoms with Crippen LogP contribution in [0.1, 0.15) is 11.3 Å². The summed E-state index contributed by atoms with van der Waals surface area (Å²) in [5.74, 6) is 0.799. The van der Waals surface area contributed by atoms with E-state index in [4.69, 9.17) is 22.1 Å². The molecule has 17 heavy (non-hydrogen) atoms. The number of fused-ring (bicyclic) bond motifs is 1. The Labute approximate surface area is 106 Å². The molecule has 0 bridgehead atoms. The van der Waals surface area contributed by atoms with E-state index in [0.29, 0.717) is 11.6 Å². The van der Waals surface area contributed by atoms with E-state index in [1.807, 2.05) is 25.1 Å². The Balaban J connectivity index is 2.78. The van der Waals surface area contributed by atoms with Gasteiger partial charge in [0.2, 0.25) is 0 Å². The van der Waals surface area contributed by atoms with E-state index in [2.05, 4.69) is 4.98 Å². The highest BCUT2D eigenvalue weighted by Crippen LogP contribution is 2.30. The molecule has 2 aromatic rings. The minimum atomic E-state index is 0.577. The van der Waals surface area contributed by atoms with Gasteiger partial charge in [-0.25, -0.2) is 0 Å². The molecule has 0 fully saturated rings. The molecule has 0 aliphatic carbocycles. The van der Waals surface area contributed by atoms with E-state index in [0.717, 1.165) is 34.3 Å². The Morgan fingerprint density at radius 1 is 1.35 bits per heavy atom. The third-order valence-corrected chi connectivity index (χ3v) is 2.90. The highest BCUT2D eigenvalue weighted by Gasteiger charge is 2.10. The largest absolute Gasteiger partial charge is 0.496 e. The first kappa shape index (κ1) is 12.1. The molecule has 1 aromatic heterocycles. The van der Waals surface area contributed by atoms with Crippen LogP contribution in [0.2, 0.25) is 5.02 Å². The number of aryl methyl sites for hydroxylation is 1. The second kappa shape index (κ2) is 4.90. The first-order valence-corrected chi connectivity index (χ1v) is 5.87.